The Morgan fingerprint density at radius 3 is 2.84 bits per heavy atom. The third kappa shape index (κ3) is 3.38. The minimum absolute atomic E-state index is 0.315. The maximum Gasteiger partial charge on any atom is 0.226 e. The van der Waals surface area contributed by atoms with E-state index in [0.717, 1.165) is 41.2 Å². The number of rotatable bonds is 3. The average molecular weight is 353 g/mol. The molecule has 3 aromatic heterocycles. The Labute approximate surface area is 150 Å². The molecular formula is C18H19N5OS. The Hall–Kier alpha value is -2.38. The van der Waals surface area contributed by atoms with Crippen LogP contribution in [0.15, 0.2) is 36.9 Å². The van der Waals surface area contributed by atoms with E-state index in [1.807, 2.05) is 6.20 Å². The summed E-state index contributed by atoms with van der Waals surface area (Å²) in [6, 6.07) is 4.17. The highest BCUT2D eigenvalue weighted by molar-refractivity contribution is 7.15. The number of hydrogen-bond donors (Lipinski definition) is 1. The van der Waals surface area contributed by atoms with E-state index in [1.165, 1.54) is 4.88 Å². The zero-order valence-corrected chi connectivity index (χ0v) is 14.8. The van der Waals surface area contributed by atoms with Crippen LogP contribution in [0.25, 0.3) is 21.8 Å². The van der Waals surface area contributed by atoms with Crippen molar-refractivity contribution in [2.45, 2.75) is 25.9 Å². The smallest absolute Gasteiger partial charge is 0.226 e. The maximum absolute atomic E-state index is 9.95. The van der Waals surface area contributed by atoms with Gasteiger partial charge in [-0.3, -0.25) is 9.97 Å². The van der Waals surface area contributed by atoms with Crippen LogP contribution in [0.5, 0.6) is 0 Å². The molecule has 0 radical (unpaired) electrons. The lowest BCUT2D eigenvalue weighted by atomic mass is 10.1. The summed E-state index contributed by atoms with van der Waals surface area (Å²) >= 11 is 1.70. The number of thiophene rings is 1. The molecule has 3 aromatic rings. The molecule has 1 aliphatic heterocycles. The number of hydrogen-bond acceptors (Lipinski definition) is 7. The fraction of sp³-hybridized carbons (Fsp3) is 0.333. The van der Waals surface area contributed by atoms with Gasteiger partial charge in [-0.15, -0.1) is 11.3 Å². The Bertz CT molecular complexity index is 867. The summed E-state index contributed by atoms with van der Waals surface area (Å²) in [5.74, 6) is 0.660. The first kappa shape index (κ1) is 16.1. The summed E-state index contributed by atoms with van der Waals surface area (Å²) in [6.07, 6.45) is 8.35. The van der Waals surface area contributed by atoms with Crippen LogP contribution in [0.3, 0.4) is 0 Å². The van der Waals surface area contributed by atoms with Gasteiger partial charge >= 0.3 is 0 Å². The molecule has 25 heavy (non-hydrogen) atoms. The summed E-state index contributed by atoms with van der Waals surface area (Å²) in [4.78, 5) is 22.3. The summed E-state index contributed by atoms with van der Waals surface area (Å²) < 4.78 is 0. The van der Waals surface area contributed by atoms with Gasteiger partial charge in [0.05, 0.1) is 28.6 Å². The van der Waals surface area contributed by atoms with Crippen molar-refractivity contribution in [2.75, 3.05) is 18.0 Å². The third-order valence-electron chi connectivity index (χ3n) is 4.27. The number of aryl methyl sites for hydroxylation is 1. The molecule has 4 heterocycles. The van der Waals surface area contributed by atoms with Gasteiger partial charge in [-0.2, -0.15) is 0 Å². The second-order valence-corrected chi connectivity index (χ2v) is 7.46. The first-order valence-electron chi connectivity index (χ1n) is 8.34. The van der Waals surface area contributed by atoms with Crippen LogP contribution in [0.2, 0.25) is 0 Å². The normalized spacial score (nSPS) is 17.7. The fourth-order valence-corrected chi connectivity index (χ4v) is 3.91. The predicted octanol–water partition coefficient (Wildman–Crippen LogP) is 2.93. The Morgan fingerprint density at radius 2 is 2.12 bits per heavy atom. The molecular weight excluding hydrogens is 334 g/mol. The average Bonchev–Trinajstić information content (AvgIpc) is 3.08. The minimum Gasteiger partial charge on any atom is -0.391 e. The van der Waals surface area contributed by atoms with Gasteiger partial charge in [0, 0.05) is 42.1 Å². The lowest BCUT2D eigenvalue weighted by molar-refractivity contribution is 0.153. The molecule has 6 nitrogen and oxygen atoms in total. The van der Waals surface area contributed by atoms with E-state index in [2.05, 4.69) is 38.9 Å². The van der Waals surface area contributed by atoms with Gasteiger partial charge in [0.2, 0.25) is 5.95 Å². The zero-order chi connectivity index (χ0) is 17.2. The monoisotopic (exact) mass is 353 g/mol. The molecule has 1 atom stereocenters. The van der Waals surface area contributed by atoms with Crippen LogP contribution in [-0.4, -0.2) is 44.2 Å². The molecule has 1 unspecified atom stereocenters. The summed E-state index contributed by atoms with van der Waals surface area (Å²) in [6.45, 7) is 3.52. The molecule has 0 aromatic carbocycles. The number of anilines is 1. The number of nitrogens with zero attached hydrogens (tertiary/aromatic N) is 5. The van der Waals surface area contributed by atoms with Crippen LogP contribution in [0.4, 0.5) is 5.95 Å². The summed E-state index contributed by atoms with van der Waals surface area (Å²) in [5, 5.41) is 9.95. The number of β-amino-alcohol motifs (C(OH)–C–C–N with tert-alkyl or cyclic N) is 1. The van der Waals surface area contributed by atoms with E-state index >= 15 is 0 Å². The Balaban J connectivity index is 1.80. The quantitative estimate of drug-likeness (QED) is 0.780. The van der Waals surface area contributed by atoms with Crippen molar-refractivity contribution >= 4 is 17.3 Å². The van der Waals surface area contributed by atoms with Gasteiger partial charge in [0.15, 0.2) is 0 Å². The highest BCUT2D eigenvalue weighted by atomic mass is 32.1. The van der Waals surface area contributed by atoms with Crippen molar-refractivity contribution in [3.05, 3.63) is 41.8 Å². The van der Waals surface area contributed by atoms with E-state index in [4.69, 9.17) is 4.98 Å². The van der Waals surface area contributed by atoms with Gasteiger partial charge < -0.3 is 10.0 Å². The molecule has 1 aliphatic rings. The van der Waals surface area contributed by atoms with Crippen molar-refractivity contribution in [1.82, 2.24) is 19.9 Å². The highest BCUT2D eigenvalue weighted by Gasteiger charge is 2.22. The van der Waals surface area contributed by atoms with E-state index in [1.54, 1.807) is 29.9 Å². The van der Waals surface area contributed by atoms with E-state index in [9.17, 15) is 5.11 Å². The molecule has 128 valence electrons. The molecule has 0 amide bonds. The number of aromatic nitrogens is 4. The standard InChI is InChI=1S/C18H19N5OS/c1-12-4-5-16(25-12)17-14(15-10-19-6-7-20-15)9-21-18(22-17)23-8-2-3-13(24)11-23/h4-7,9-10,13,24H,2-3,8,11H2,1H3. The number of aliphatic hydroxyl groups excluding tert-OH is 1. The minimum atomic E-state index is -0.315. The molecule has 0 spiro atoms. The summed E-state index contributed by atoms with van der Waals surface area (Å²) in [5.41, 5.74) is 2.49. The van der Waals surface area contributed by atoms with Crippen molar-refractivity contribution in [3.63, 3.8) is 0 Å². The van der Waals surface area contributed by atoms with Crippen molar-refractivity contribution < 1.29 is 5.11 Å². The molecule has 7 heteroatoms. The topological polar surface area (TPSA) is 75.0 Å². The SMILES string of the molecule is Cc1ccc(-c2nc(N3CCCC(O)C3)ncc2-c2cnccn2)s1. The van der Waals surface area contributed by atoms with Crippen LogP contribution in [0.1, 0.15) is 17.7 Å². The molecule has 1 N–H and O–H groups in total. The number of piperidine rings is 1. The van der Waals surface area contributed by atoms with Crippen molar-refractivity contribution in [1.29, 1.82) is 0 Å². The highest BCUT2D eigenvalue weighted by Crippen LogP contribution is 2.34. The number of aliphatic hydroxyl groups is 1. The van der Waals surface area contributed by atoms with Crippen LogP contribution < -0.4 is 4.90 Å². The van der Waals surface area contributed by atoms with Gasteiger partial charge in [-0.05, 0) is 31.9 Å². The lowest BCUT2D eigenvalue weighted by Gasteiger charge is -2.30. The fourth-order valence-electron chi connectivity index (χ4n) is 3.04. The van der Waals surface area contributed by atoms with Crippen molar-refractivity contribution in [3.8, 4) is 21.8 Å². The molecule has 1 saturated heterocycles. The van der Waals surface area contributed by atoms with Crippen LogP contribution in [-0.2, 0) is 0 Å². The van der Waals surface area contributed by atoms with Gasteiger partial charge in [-0.1, -0.05) is 0 Å². The van der Waals surface area contributed by atoms with Crippen molar-refractivity contribution in [2.24, 2.45) is 0 Å². The van der Waals surface area contributed by atoms with Crippen LogP contribution >= 0.6 is 11.3 Å². The van der Waals surface area contributed by atoms with E-state index in [-0.39, 0.29) is 6.10 Å². The van der Waals surface area contributed by atoms with Gasteiger partial charge in [0.25, 0.3) is 0 Å². The van der Waals surface area contributed by atoms with Gasteiger partial charge in [0.1, 0.15) is 0 Å². The lowest BCUT2D eigenvalue weighted by Crippen LogP contribution is -2.39. The Morgan fingerprint density at radius 1 is 1.20 bits per heavy atom. The van der Waals surface area contributed by atoms with Crippen LogP contribution in [0, 0.1) is 6.92 Å². The largest absolute Gasteiger partial charge is 0.391 e. The first-order chi connectivity index (χ1) is 12.2. The molecule has 0 aliphatic carbocycles. The second-order valence-electron chi connectivity index (χ2n) is 6.18. The molecule has 0 bridgehead atoms. The first-order valence-corrected chi connectivity index (χ1v) is 9.15. The van der Waals surface area contributed by atoms with E-state index < -0.39 is 0 Å². The Kier molecular flexibility index (Phi) is 4.42. The second kappa shape index (κ2) is 6.85. The molecule has 1 fully saturated rings. The van der Waals surface area contributed by atoms with Gasteiger partial charge in [-0.25, -0.2) is 9.97 Å². The summed E-state index contributed by atoms with van der Waals surface area (Å²) in [7, 11) is 0. The predicted molar refractivity (Wildman–Crippen MR) is 98.6 cm³/mol. The zero-order valence-electron chi connectivity index (χ0n) is 14.0. The molecule has 4 rings (SSSR count). The van der Waals surface area contributed by atoms with E-state index in [0.29, 0.717) is 12.5 Å². The molecule has 0 saturated carbocycles. The third-order valence-corrected chi connectivity index (χ3v) is 5.28. The maximum atomic E-state index is 9.95.